The van der Waals surface area contributed by atoms with Crippen molar-refractivity contribution >= 4 is 11.6 Å². The highest BCUT2D eigenvalue weighted by Crippen LogP contribution is 2.42. The number of anilines is 1. The molecule has 1 saturated carbocycles. The molecule has 0 aliphatic heterocycles. The van der Waals surface area contributed by atoms with Crippen LogP contribution in [0.4, 0.5) is 18.9 Å². The number of carbonyl (C=O) groups excluding carboxylic acids is 1. The van der Waals surface area contributed by atoms with Crippen molar-refractivity contribution in [3.63, 3.8) is 0 Å². The van der Waals surface area contributed by atoms with Gasteiger partial charge in [-0.25, -0.2) is 4.68 Å². The second-order valence-corrected chi connectivity index (χ2v) is 7.79. The maximum Gasteiger partial charge on any atom is 0.435 e. The first-order valence-electron chi connectivity index (χ1n) is 10.5. The average molecular weight is 447 g/mol. The van der Waals surface area contributed by atoms with Crippen LogP contribution in [0.25, 0.3) is 0 Å². The number of amides is 1. The van der Waals surface area contributed by atoms with Crippen LogP contribution >= 0.6 is 0 Å². The molecule has 3 aromatic rings. The molecule has 0 unspecified atom stereocenters. The van der Waals surface area contributed by atoms with Crippen LogP contribution in [0.15, 0.2) is 42.7 Å². The van der Waals surface area contributed by atoms with Gasteiger partial charge in [0.05, 0.1) is 18.1 Å². The number of hydrogen-bond donors (Lipinski definition) is 1. The lowest BCUT2D eigenvalue weighted by molar-refractivity contribution is -0.141. The van der Waals surface area contributed by atoms with Gasteiger partial charge in [0.1, 0.15) is 5.75 Å². The van der Waals surface area contributed by atoms with E-state index in [2.05, 4.69) is 22.4 Å². The van der Waals surface area contributed by atoms with Gasteiger partial charge in [-0.05, 0) is 43.0 Å². The molecule has 0 atom stereocenters. The van der Waals surface area contributed by atoms with Gasteiger partial charge in [-0.2, -0.15) is 23.4 Å². The van der Waals surface area contributed by atoms with E-state index in [0.29, 0.717) is 17.1 Å². The van der Waals surface area contributed by atoms with Gasteiger partial charge in [0, 0.05) is 24.6 Å². The Morgan fingerprint density at radius 2 is 2.00 bits per heavy atom. The van der Waals surface area contributed by atoms with Crippen LogP contribution in [-0.2, 0) is 30.7 Å². The summed E-state index contributed by atoms with van der Waals surface area (Å²) in [6, 6.07) is 8.86. The molecule has 0 bridgehead atoms. The average Bonchev–Trinajstić information content (AvgIpc) is 3.35. The van der Waals surface area contributed by atoms with E-state index in [1.54, 1.807) is 6.20 Å². The molecule has 4 rings (SSSR count). The highest BCUT2D eigenvalue weighted by atomic mass is 19.4. The maximum atomic E-state index is 13.0. The Bertz CT molecular complexity index is 1070. The summed E-state index contributed by atoms with van der Waals surface area (Å²) in [7, 11) is 0. The minimum absolute atomic E-state index is 0.00412. The van der Waals surface area contributed by atoms with Crippen LogP contribution < -0.4 is 10.1 Å². The fraction of sp³-hybridized carbons (Fsp3) is 0.409. The molecule has 1 aliphatic rings. The highest BCUT2D eigenvalue weighted by Gasteiger charge is 2.37. The first kappa shape index (κ1) is 21.9. The third-order valence-electron chi connectivity index (χ3n) is 5.26. The van der Waals surface area contributed by atoms with E-state index in [0.717, 1.165) is 25.3 Å². The van der Waals surface area contributed by atoms with E-state index in [1.165, 1.54) is 21.1 Å². The van der Waals surface area contributed by atoms with Crippen molar-refractivity contribution in [2.45, 2.75) is 58.0 Å². The number of benzene rings is 1. The minimum Gasteiger partial charge on any atom is -0.471 e. The van der Waals surface area contributed by atoms with Gasteiger partial charge in [-0.1, -0.05) is 19.1 Å². The van der Waals surface area contributed by atoms with E-state index < -0.39 is 11.9 Å². The summed E-state index contributed by atoms with van der Waals surface area (Å²) in [5.41, 5.74) is 1.33. The second-order valence-electron chi connectivity index (χ2n) is 7.79. The molecule has 0 saturated heterocycles. The SMILES string of the molecule is CCc1ccc(OCn2cc(NC(=O)CCn3nc(C(F)(F)F)cc3C3CC3)cn2)cc1. The standard InChI is InChI=1S/C22H24F3N5O2/c1-2-15-3-7-18(8-4-15)32-14-29-13-17(12-26-29)27-21(31)9-10-30-19(16-5-6-16)11-20(28-30)22(23,24)25/h3-4,7-8,11-13,16H,2,5-6,9-10,14H2,1H3,(H,27,31). The molecule has 1 fully saturated rings. The number of hydrogen-bond acceptors (Lipinski definition) is 4. The Morgan fingerprint density at radius 3 is 2.66 bits per heavy atom. The quantitative estimate of drug-likeness (QED) is 0.520. The van der Waals surface area contributed by atoms with E-state index >= 15 is 0 Å². The van der Waals surface area contributed by atoms with Crippen molar-refractivity contribution in [3.8, 4) is 5.75 Å². The third-order valence-corrected chi connectivity index (χ3v) is 5.26. The van der Waals surface area contributed by atoms with Crippen LogP contribution in [0.5, 0.6) is 5.75 Å². The molecular weight excluding hydrogens is 423 g/mol. The van der Waals surface area contributed by atoms with Gasteiger partial charge in [-0.3, -0.25) is 9.48 Å². The Labute approximate surface area is 183 Å². The first-order valence-corrected chi connectivity index (χ1v) is 10.5. The lowest BCUT2D eigenvalue weighted by atomic mass is 10.2. The summed E-state index contributed by atoms with van der Waals surface area (Å²) in [6.45, 7) is 2.34. The zero-order chi connectivity index (χ0) is 22.7. The number of carbonyl (C=O) groups is 1. The minimum atomic E-state index is -4.49. The zero-order valence-corrected chi connectivity index (χ0v) is 17.6. The van der Waals surface area contributed by atoms with Gasteiger partial charge in [0.2, 0.25) is 5.91 Å². The molecule has 1 N–H and O–H groups in total. The molecule has 10 heteroatoms. The van der Waals surface area contributed by atoms with Crippen molar-refractivity contribution in [2.75, 3.05) is 5.32 Å². The molecule has 0 spiro atoms. The van der Waals surface area contributed by atoms with Crippen LogP contribution in [0.3, 0.4) is 0 Å². The fourth-order valence-electron chi connectivity index (χ4n) is 3.35. The normalized spacial score (nSPS) is 13.9. The molecule has 0 radical (unpaired) electrons. The van der Waals surface area contributed by atoms with Gasteiger partial charge < -0.3 is 10.1 Å². The number of aromatic nitrogens is 4. The lowest BCUT2D eigenvalue weighted by Crippen LogP contribution is -2.16. The van der Waals surface area contributed by atoms with Gasteiger partial charge >= 0.3 is 6.18 Å². The summed E-state index contributed by atoms with van der Waals surface area (Å²) in [5.74, 6) is 0.483. The number of aryl methyl sites for hydroxylation is 2. The van der Waals surface area contributed by atoms with E-state index in [9.17, 15) is 18.0 Å². The van der Waals surface area contributed by atoms with Gasteiger partial charge in [-0.15, -0.1) is 0 Å². The summed E-state index contributed by atoms with van der Waals surface area (Å²) in [6.07, 6.45) is 1.28. The largest absolute Gasteiger partial charge is 0.471 e. The van der Waals surface area contributed by atoms with Crippen molar-refractivity contribution < 1.29 is 22.7 Å². The van der Waals surface area contributed by atoms with Crippen LogP contribution in [0.2, 0.25) is 0 Å². The Hall–Kier alpha value is -3.30. The van der Waals surface area contributed by atoms with Crippen LogP contribution in [0.1, 0.15) is 49.1 Å². The maximum absolute atomic E-state index is 13.0. The van der Waals surface area contributed by atoms with E-state index in [4.69, 9.17) is 4.74 Å². The number of rotatable bonds is 9. The van der Waals surface area contributed by atoms with E-state index in [-0.39, 0.29) is 31.5 Å². The number of nitrogens with one attached hydrogen (secondary N) is 1. The molecule has 32 heavy (non-hydrogen) atoms. The van der Waals surface area contributed by atoms with Crippen molar-refractivity contribution in [3.05, 3.63) is 59.7 Å². The Kier molecular flexibility index (Phi) is 6.20. The Balaban J connectivity index is 1.28. The molecule has 1 aliphatic carbocycles. The topological polar surface area (TPSA) is 74.0 Å². The zero-order valence-electron chi connectivity index (χ0n) is 17.6. The number of nitrogens with zero attached hydrogens (tertiary/aromatic N) is 4. The molecular formula is C22H24F3N5O2. The van der Waals surface area contributed by atoms with Crippen LogP contribution in [0, 0.1) is 0 Å². The lowest BCUT2D eigenvalue weighted by Gasteiger charge is -2.07. The molecule has 2 aromatic heterocycles. The summed E-state index contributed by atoms with van der Waals surface area (Å²) < 4.78 is 47.5. The van der Waals surface area contributed by atoms with Crippen molar-refractivity contribution in [2.24, 2.45) is 0 Å². The summed E-state index contributed by atoms with van der Waals surface area (Å²) in [5, 5.41) is 10.5. The third kappa shape index (κ3) is 5.49. The van der Waals surface area contributed by atoms with Crippen LogP contribution in [-0.4, -0.2) is 25.5 Å². The van der Waals surface area contributed by atoms with Crippen molar-refractivity contribution in [1.82, 2.24) is 19.6 Å². The highest BCUT2D eigenvalue weighted by molar-refractivity contribution is 5.90. The summed E-state index contributed by atoms with van der Waals surface area (Å²) >= 11 is 0. The monoisotopic (exact) mass is 447 g/mol. The predicted octanol–water partition coefficient (Wildman–Crippen LogP) is 4.60. The molecule has 1 amide bonds. The molecule has 1 aromatic carbocycles. The van der Waals surface area contributed by atoms with E-state index in [1.807, 2.05) is 24.3 Å². The predicted molar refractivity (Wildman–Crippen MR) is 111 cm³/mol. The fourth-order valence-corrected chi connectivity index (χ4v) is 3.35. The molecule has 7 nitrogen and oxygen atoms in total. The smallest absolute Gasteiger partial charge is 0.435 e. The molecule has 170 valence electrons. The second kappa shape index (κ2) is 9.05. The summed E-state index contributed by atoms with van der Waals surface area (Å²) in [4.78, 5) is 12.3. The number of alkyl halides is 3. The van der Waals surface area contributed by atoms with Gasteiger partial charge in [0.15, 0.2) is 12.4 Å². The Morgan fingerprint density at radius 1 is 1.25 bits per heavy atom. The number of halogens is 3. The number of ether oxygens (including phenoxy) is 1. The van der Waals surface area contributed by atoms with Gasteiger partial charge in [0.25, 0.3) is 0 Å². The molecule has 2 heterocycles. The first-order chi connectivity index (χ1) is 15.3. The van der Waals surface area contributed by atoms with Crippen molar-refractivity contribution in [1.29, 1.82) is 0 Å².